The van der Waals surface area contributed by atoms with Gasteiger partial charge in [-0.1, -0.05) is 6.07 Å². The standard InChI is InChI=1S/C33H34N8O2/c1-37-9-5-33(6-10-37)7-11-40(21-33)32(43)39-13-12-38-20-25(24-15-22(16-34)14-23(19-39)31(24)38)29-27(42)18-36-30(29)26-17-35-28-4-2-3-8-41(26)28/h2-4,8,14-15,17,20,36H,5-7,9-13,18-19,21H2,1H3. The number of hydrogen-bond donors (Lipinski definition) is 1. The summed E-state index contributed by atoms with van der Waals surface area (Å²) in [5.74, 6) is 0.00887. The van der Waals surface area contributed by atoms with Crippen LogP contribution in [0.1, 0.15) is 41.6 Å². The zero-order valence-corrected chi connectivity index (χ0v) is 24.3. The van der Waals surface area contributed by atoms with E-state index in [1.807, 2.05) is 52.0 Å². The van der Waals surface area contributed by atoms with Crippen LogP contribution in [0.2, 0.25) is 0 Å². The maximum atomic E-state index is 13.9. The molecule has 0 aliphatic carbocycles. The van der Waals surface area contributed by atoms with E-state index < -0.39 is 0 Å². The molecule has 7 heterocycles. The van der Waals surface area contributed by atoms with E-state index in [-0.39, 0.29) is 23.8 Å². The number of piperidine rings is 1. The van der Waals surface area contributed by atoms with Gasteiger partial charge in [0.25, 0.3) is 0 Å². The van der Waals surface area contributed by atoms with Crippen molar-refractivity contribution in [2.45, 2.75) is 32.4 Å². The summed E-state index contributed by atoms with van der Waals surface area (Å²) in [5.41, 5.74) is 6.51. The molecule has 1 spiro atoms. The summed E-state index contributed by atoms with van der Waals surface area (Å²) in [6, 6.07) is 12.0. The number of ketones is 1. The van der Waals surface area contributed by atoms with Gasteiger partial charge in [0.2, 0.25) is 0 Å². The molecule has 1 N–H and O–H groups in total. The van der Waals surface area contributed by atoms with E-state index in [2.05, 4.69) is 37.8 Å². The van der Waals surface area contributed by atoms with Crippen LogP contribution in [0.25, 0.3) is 27.8 Å². The van der Waals surface area contributed by atoms with Crippen molar-refractivity contribution in [1.29, 1.82) is 5.26 Å². The van der Waals surface area contributed by atoms with Gasteiger partial charge in [-0.2, -0.15) is 5.26 Å². The monoisotopic (exact) mass is 574 g/mol. The molecule has 0 radical (unpaired) electrons. The molecule has 0 atom stereocenters. The molecular formula is C33H34N8O2. The van der Waals surface area contributed by atoms with Crippen molar-refractivity contribution < 1.29 is 9.59 Å². The third kappa shape index (κ3) is 4.13. The van der Waals surface area contributed by atoms with Crippen LogP contribution < -0.4 is 5.32 Å². The summed E-state index contributed by atoms with van der Waals surface area (Å²) >= 11 is 0. The third-order valence-corrected chi connectivity index (χ3v) is 10.1. The highest BCUT2D eigenvalue weighted by Gasteiger charge is 2.42. The van der Waals surface area contributed by atoms with Crippen LogP contribution in [0, 0.1) is 16.7 Å². The number of amides is 2. The molecule has 2 amide bonds. The Bertz CT molecular complexity index is 1880. The molecule has 2 fully saturated rings. The SMILES string of the molecule is CN1CCC2(CC1)CCN(C(=O)N1CCn3cc(C4=C(c5cnc6ccccn56)NCC4=O)c4cc(C#N)cc(c43)C1)C2. The lowest BCUT2D eigenvalue weighted by Gasteiger charge is -2.38. The van der Waals surface area contributed by atoms with E-state index in [9.17, 15) is 14.9 Å². The molecule has 0 saturated carbocycles. The van der Waals surface area contributed by atoms with Gasteiger partial charge in [-0.3, -0.25) is 9.20 Å². The number of fused-ring (bicyclic) bond motifs is 1. The number of pyridine rings is 1. The number of likely N-dealkylation sites (tertiary alicyclic amines) is 2. The highest BCUT2D eigenvalue weighted by molar-refractivity contribution is 6.33. The van der Waals surface area contributed by atoms with Gasteiger partial charge in [0.1, 0.15) is 5.65 Å². The summed E-state index contributed by atoms with van der Waals surface area (Å²) in [7, 11) is 2.18. The van der Waals surface area contributed by atoms with Crippen molar-refractivity contribution in [3.05, 3.63) is 71.3 Å². The Morgan fingerprint density at radius 3 is 2.74 bits per heavy atom. The third-order valence-electron chi connectivity index (χ3n) is 10.1. The van der Waals surface area contributed by atoms with E-state index in [1.165, 1.54) is 0 Å². The van der Waals surface area contributed by atoms with Crippen LogP contribution in [0.4, 0.5) is 4.79 Å². The van der Waals surface area contributed by atoms with Crippen molar-refractivity contribution in [2.24, 2.45) is 5.41 Å². The molecule has 4 aliphatic heterocycles. The van der Waals surface area contributed by atoms with Crippen molar-refractivity contribution in [1.82, 2.24) is 34.0 Å². The maximum Gasteiger partial charge on any atom is 0.320 e. The number of nitriles is 1. The zero-order valence-electron chi connectivity index (χ0n) is 24.3. The quantitative estimate of drug-likeness (QED) is 0.393. The second-order valence-corrected chi connectivity index (χ2v) is 12.7. The first-order valence-corrected chi connectivity index (χ1v) is 15.2. The smallest absolute Gasteiger partial charge is 0.320 e. The van der Waals surface area contributed by atoms with Crippen molar-refractivity contribution in [3.8, 4) is 6.07 Å². The topological polar surface area (TPSA) is 102 Å². The molecule has 4 aromatic rings. The average Bonchev–Trinajstić information content (AvgIpc) is 3.78. The van der Waals surface area contributed by atoms with E-state index in [0.29, 0.717) is 30.8 Å². The van der Waals surface area contributed by atoms with Crippen LogP contribution in [0.3, 0.4) is 0 Å². The number of carbonyl (C=O) groups excluding carboxylic acids is 2. The molecule has 3 aromatic heterocycles. The number of imidazole rings is 1. The lowest BCUT2D eigenvalue weighted by molar-refractivity contribution is -0.112. The molecule has 8 rings (SSSR count). The first kappa shape index (κ1) is 26.0. The Hall–Kier alpha value is -4.62. The molecule has 43 heavy (non-hydrogen) atoms. The van der Waals surface area contributed by atoms with Gasteiger partial charge in [-0.05, 0) is 74.6 Å². The number of benzene rings is 1. The van der Waals surface area contributed by atoms with Crippen molar-refractivity contribution >= 4 is 39.6 Å². The first-order valence-electron chi connectivity index (χ1n) is 15.2. The normalized spacial score (nSPS) is 20.3. The number of urea groups is 1. The number of nitrogens with zero attached hydrogens (tertiary/aromatic N) is 7. The summed E-state index contributed by atoms with van der Waals surface area (Å²) < 4.78 is 4.15. The van der Waals surface area contributed by atoms with E-state index in [1.54, 1.807) is 6.20 Å². The number of aromatic nitrogens is 3. The van der Waals surface area contributed by atoms with Gasteiger partial charge in [0.05, 0.1) is 46.9 Å². The number of Topliss-reactive ketones (excluding diaryl/α,β-unsaturated/α-hetero) is 1. The molecule has 218 valence electrons. The number of hydrogen-bond acceptors (Lipinski definition) is 6. The molecule has 4 aliphatic rings. The van der Waals surface area contributed by atoms with Gasteiger partial charge in [0.15, 0.2) is 5.78 Å². The van der Waals surface area contributed by atoms with E-state index >= 15 is 0 Å². The average molecular weight is 575 g/mol. The Morgan fingerprint density at radius 2 is 1.91 bits per heavy atom. The fourth-order valence-corrected chi connectivity index (χ4v) is 7.67. The summed E-state index contributed by atoms with van der Waals surface area (Å²) in [4.78, 5) is 38.2. The molecule has 0 unspecified atom stereocenters. The van der Waals surface area contributed by atoms with Gasteiger partial charge in [-0.15, -0.1) is 0 Å². The van der Waals surface area contributed by atoms with Crippen LogP contribution in [-0.2, 0) is 17.9 Å². The van der Waals surface area contributed by atoms with Crippen molar-refractivity contribution in [3.63, 3.8) is 0 Å². The predicted molar refractivity (Wildman–Crippen MR) is 163 cm³/mol. The molecule has 10 heteroatoms. The summed E-state index contributed by atoms with van der Waals surface area (Å²) in [6.07, 6.45) is 9.14. The highest BCUT2D eigenvalue weighted by atomic mass is 16.2. The lowest BCUT2D eigenvalue weighted by Crippen LogP contribution is -2.45. The minimum Gasteiger partial charge on any atom is -0.375 e. The van der Waals surface area contributed by atoms with E-state index in [0.717, 1.165) is 84.5 Å². The number of carbonyl (C=O) groups is 2. The predicted octanol–water partition coefficient (Wildman–Crippen LogP) is 3.55. The van der Waals surface area contributed by atoms with Crippen LogP contribution >= 0.6 is 0 Å². The zero-order chi connectivity index (χ0) is 29.3. The minimum absolute atomic E-state index is 0.00887. The fraction of sp³-hybridized carbons (Fsp3) is 0.394. The van der Waals surface area contributed by atoms with Crippen LogP contribution in [-0.4, -0.2) is 86.8 Å². The fourth-order valence-electron chi connectivity index (χ4n) is 7.67. The van der Waals surface area contributed by atoms with Crippen molar-refractivity contribution in [2.75, 3.05) is 46.3 Å². The summed E-state index contributed by atoms with van der Waals surface area (Å²) in [6.45, 7) is 5.64. The van der Waals surface area contributed by atoms with Gasteiger partial charge in [0, 0.05) is 56.1 Å². The minimum atomic E-state index is 0.00887. The Morgan fingerprint density at radius 1 is 1.07 bits per heavy atom. The van der Waals surface area contributed by atoms with Gasteiger partial charge >= 0.3 is 6.03 Å². The molecule has 1 aromatic carbocycles. The van der Waals surface area contributed by atoms with Crippen LogP contribution in [0.15, 0.2) is 48.9 Å². The highest BCUT2D eigenvalue weighted by Crippen LogP contribution is 2.41. The lowest BCUT2D eigenvalue weighted by atomic mass is 9.78. The second kappa shape index (κ2) is 9.71. The number of nitrogens with one attached hydrogen (secondary N) is 1. The van der Waals surface area contributed by atoms with Gasteiger partial charge in [-0.25, -0.2) is 9.78 Å². The Balaban J connectivity index is 1.16. The Kier molecular flexibility index (Phi) is 5.88. The van der Waals surface area contributed by atoms with Crippen LogP contribution in [0.5, 0.6) is 0 Å². The number of rotatable bonds is 2. The maximum absolute atomic E-state index is 13.9. The summed E-state index contributed by atoms with van der Waals surface area (Å²) in [5, 5.41) is 14.2. The molecule has 0 bridgehead atoms. The molecule has 10 nitrogen and oxygen atoms in total. The second-order valence-electron chi connectivity index (χ2n) is 12.7. The largest absolute Gasteiger partial charge is 0.375 e. The van der Waals surface area contributed by atoms with Gasteiger partial charge < -0.3 is 24.6 Å². The first-order chi connectivity index (χ1) is 20.9. The Labute approximate surface area is 249 Å². The molecule has 2 saturated heterocycles. The van der Waals surface area contributed by atoms with E-state index in [4.69, 9.17) is 0 Å². The molecular weight excluding hydrogens is 540 g/mol.